The van der Waals surface area contributed by atoms with Crippen LogP contribution in [0.4, 0.5) is 11.5 Å². The highest BCUT2D eigenvalue weighted by molar-refractivity contribution is 5.61. The van der Waals surface area contributed by atoms with Gasteiger partial charge in [0.25, 0.3) is 0 Å². The molecule has 0 bridgehead atoms. The maximum atomic E-state index is 8.65. The van der Waals surface area contributed by atoms with Crippen LogP contribution in [0.2, 0.25) is 0 Å². The summed E-state index contributed by atoms with van der Waals surface area (Å²) in [6.45, 7) is 0. The molecule has 0 saturated carbocycles. The molecule has 0 unspecified atom stereocenters. The van der Waals surface area contributed by atoms with Gasteiger partial charge in [-0.2, -0.15) is 5.10 Å². The van der Waals surface area contributed by atoms with E-state index in [1.165, 1.54) is 0 Å². The highest BCUT2D eigenvalue weighted by Crippen LogP contribution is 2.16. The van der Waals surface area contributed by atoms with E-state index >= 15 is 0 Å². The van der Waals surface area contributed by atoms with E-state index in [9.17, 15) is 0 Å². The molecule has 0 radical (unpaired) electrons. The van der Waals surface area contributed by atoms with Gasteiger partial charge in [0.1, 0.15) is 5.69 Å². The Kier molecular flexibility index (Phi) is 2.04. The van der Waals surface area contributed by atoms with E-state index in [-0.39, 0.29) is 5.82 Å². The van der Waals surface area contributed by atoms with Crippen LogP contribution in [0.1, 0.15) is 0 Å². The van der Waals surface area contributed by atoms with Gasteiger partial charge in [0.2, 0.25) is 0 Å². The predicted molar refractivity (Wildman–Crippen MR) is 51.2 cm³/mol. The molecule has 2 rings (SSSR count). The molecule has 14 heavy (non-hydrogen) atoms. The lowest BCUT2D eigenvalue weighted by atomic mass is 10.4. The van der Waals surface area contributed by atoms with Crippen LogP contribution in [0.15, 0.2) is 30.6 Å². The van der Waals surface area contributed by atoms with Gasteiger partial charge in [-0.1, -0.05) is 0 Å². The number of anilines is 2. The zero-order chi connectivity index (χ0) is 9.97. The summed E-state index contributed by atoms with van der Waals surface area (Å²) in [7, 11) is 0. The van der Waals surface area contributed by atoms with Crippen LogP contribution in [0.25, 0.3) is 5.82 Å². The summed E-state index contributed by atoms with van der Waals surface area (Å²) in [4.78, 5) is 4.04. The predicted octanol–water partition coefficient (Wildman–Crippen LogP) is 0.651. The second-order valence-electron chi connectivity index (χ2n) is 2.66. The van der Waals surface area contributed by atoms with E-state index in [2.05, 4.69) is 10.1 Å². The molecule has 0 amide bonds. The Morgan fingerprint density at radius 1 is 1.43 bits per heavy atom. The third-order valence-electron chi connectivity index (χ3n) is 1.77. The molecule has 0 fully saturated rings. The van der Waals surface area contributed by atoms with E-state index in [4.69, 9.17) is 10.9 Å². The SMILES string of the molecule is Nc1nc(-n2cccn2)ccc1NO. The van der Waals surface area contributed by atoms with Gasteiger partial charge in [-0.25, -0.2) is 9.67 Å². The number of pyridine rings is 1. The Labute approximate surface area is 80.0 Å². The van der Waals surface area contributed by atoms with Crippen molar-refractivity contribution in [3.8, 4) is 5.82 Å². The van der Waals surface area contributed by atoms with Gasteiger partial charge in [-0.15, -0.1) is 0 Å². The third-order valence-corrected chi connectivity index (χ3v) is 1.77. The third kappa shape index (κ3) is 1.38. The molecule has 0 spiro atoms. The van der Waals surface area contributed by atoms with Crippen molar-refractivity contribution in [2.75, 3.05) is 11.2 Å². The number of nitrogens with zero attached hydrogens (tertiary/aromatic N) is 3. The number of rotatable bonds is 2. The van der Waals surface area contributed by atoms with Crippen molar-refractivity contribution in [3.63, 3.8) is 0 Å². The Hall–Kier alpha value is -2.08. The van der Waals surface area contributed by atoms with E-state index in [1.807, 2.05) is 5.48 Å². The minimum absolute atomic E-state index is 0.223. The van der Waals surface area contributed by atoms with Crippen molar-refractivity contribution < 1.29 is 5.21 Å². The van der Waals surface area contributed by atoms with Gasteiger partial charge in [0.15, 0.2) is 11.6 Å². The largest absolute Gasteiger partial charge is 0.382 e. The first-order valence-electron chi connectivity index (χ1n) is 3.98. The molecule has 0 aliphatic rings. The van der Waals surface area contributed by atoms with E-state index in [0.717, 1.165) is 0 Å². The molecular formula is C8H9N5O. The molecule has 2 aromatic heterocycles. The second-order valence-corrected chi connectivity index (χ2v) is 2.66. The number of nitrogens with one attached hydrogen (secondary N) is 1. The van der Waals surface area contributed by atoms with Crippen LogP contribution in [0.5, 0.6) is 0 Å². The number of hydrogen-bond donors (Lipinski definition) is 3. The van der Waals surface area contributed by atoms with Gasteiger partial charge in [-0.05, 0) is 18.2 Å². The van der Waals surface area contributed by atoms with Crippen LogP contribution in [-0.2, 0) is 0 Å². The molecule has 0 aliphatic carbocycles. The number of hydrogen-bond acceptors (Lipinski definition) is 5. The maximum absolute atomic E-state index is 8.65. The van der Waals surface area contributed by atoms with Gasteiger partial charge in [0, 0.05) is 12.4 Å². The first kappa shape index (κ1) is 8.52. The quantitative estimate of drug-likeness (QED) is 0.606. The van der Waals surface area contributed by atoms with Gasteiger partial charge in [-0.3, -0.25) is 10.7 Å². The number of aromatic nitrogens is 3. The fourth-order valence-electron chi connectivity index (χ4n) is 1.09. The van der Waals surface area contributed by atoms with Crippen LogP contribution in [-0.4, -0.2) is 20.0 Å². The topological polar surface area (TPSA) is 89.0 Å². The van der Waals surface area contributed by atoms with Crippen molar-refractivity contribution in [3.05, 3.63) is 30.6 Å². The van der Waals surface area contributed by atoms with E-state index < -0.39 is 0 Å². The second kappa shape index (κ2) is 3.35. The van der Waals surface area contributed by atoms with Crippen LogP contribution < -0.4 is 11.2 Å². The van der Waals surface area contributed by atoms with Crippen molar-refractivity contribution in [2.45, 2.75) is 0 Å². The summed E-state index contributed by atoms with van der Waals surface area (Å²) in [6.07, 6.45) is 3.41. The molecule has 4 N–H and O–H groups in total. The van der Waals surface area contributed by atoms with Crippen molar-refractivity contribution in [1.29, 1.82) is 0 Å². The molecule has 0 saturated heterocycles. The molecule has 6 nitrogen and oxygen atoms in total. The first-order valence-corrected chi connectivity index (χ1v) is 3.98. The summed E-state index contributed by atoms with van der Waals surface area (Å²) in [5, 5.41) is 12.6. The minimum Gasteiger partial charge on any atom is -0.382 e. The van der Waals surface area contributed by atoms with Crippen LogP contribution in [0.3, 0.4) is 0 Å². The molecule has 6 heteroatoms. The minimum atomic E-state index is 0.223. The highest BCUT2D eigenvalue weighted by Gasteiger charge is 2.02. The fourth-order valence-corrected chi connectivity index (χ4v) is 1.09. The fraction of sp³-hybridized carbons (Fsp3) is 0. The normalized spacial score (nSPS) is 10.1. The molecule has 0 aromatic carbocycles. The van der Waals surface area contributed by atoms with Crippen LogP contribution in [0, 0.1) is 0 Å². The van der Waals surface area contributed by atoms with Gasteiger partial charge >= 0.3 is 0 Å². The van der Waals surface area contributed by atoms with Crippen molar-refractivity contribution >= 4 is 11.5 Å². The van der Waals surface area contributed by atoms with Gasteiger partial charge in [0.05, 0.1) is 0 Å². The van der Waals surface area contributed by atoms with Crippen molar-refractivity contribution in [1.82, 2.24) is 14.8 Å². The highest BCUT2D eigenvalue weighted by atomic mass is 16.5. The first-order chi connectivity index (χ1) is 6.81. The van der Waals surface area contributed by atoms with E-state index in [0.29, 0.717) is 11.5 Å². The molecular weight excluding hydrogens is 182 g/mol. The molecule has 0 aliphatic heterocycles. The lowest BCUT2D eigenvalue weighted by Crippen LogP contribution is -2.04. The Bertz CT molecular complexity index is 425. The summed E-state index contributed by atoms with van der Waals surface area (Å²) in [6, 6.07) is 5.11. The lowest BCUT2D eigenvalue weighted by Gasteiger charge is -2.05. The lowest BCUT2D eigenvalue weighted by molar-refractivity contribution is 0.389. The smallest absolute Gasteiger partial charge is 0.155 e. The molecule has 72 valence electrons. The standard InChI is InChI=1S/C8H9N5O/c9-8-6(12-14)2-3-7(11-8)13-5-1-4-10-13/h1-5,12,14H,(H2,9,11). The maximum Gasteiger partial charge on any atom is 0.155 e. The summed E-state index contributed by atoms with van der Waals surface area (Å²) in [5.74, 6) is 0.826. The van der Waals surface area contributed by atoms with Crippen LogP contribution >= 0.6 is 0 Å². The Morgan fingerprint density at radius 3 is 2.86 bits per heavy atom. The van der Waals surface area contributed by atoms with Crippen molar-refractivity contribution in [2.24, 2.45) is 0 Å². The Morgan fingerprint density at radius 2 is 2.29 bits per heavy atom. The average Bonchev–Trinajstić information content (AvgIpc) is 2.70. The van der Waals surface area contributed by atoms with E-state index in [1.54, 1.807) is 35.3 Å². The summed E-state index contributed by atoms with van der Waals surface area (Å²) < 4.78 is 1.58. The molecule has 0 atom stereocenters. The number of nitrogen functional groups attached to an aromatic ring is 1. The monoisotopic (exact) mass is 191 g/mol. The Balaban J connectivity index is 2.43. The summed E-state index contributed by atoms with van der Waals surface area (Å²) in [5.41, 5.74) is 7.89. The van der Waals surface area contributed by atoms with Gasteiger partial charge < -0.3 is 5.73 Å². The molecule has 2 aromatic rings. The molecule has 2 heterocycles. The summed E-state index contributed by atoms with van der Waals surface area (Å²) >= 11 is 0. The zero-order valence-corrected chi connectivity index (χ0v) is 7.25. The number of nitrogens with two attached hydrogens (primary N) is 1. The zero-order valence-electron chi connectivity index (χ0n) is 7.25. The average molecular weight is 191 g/mol.